The maximum atomic E-state index is 14.4. The zero-order chi connectivity index (χ0) is 19.3. The van der Waals surface area contributed by atoms with Gasteiger partial charge in [0.25, 0.3) is 5.91 Å². The van der Waals surface area contributed by atoms with Crippen molar-refractivity contribution in [2.45, 2.75) is 12.8 Å². The van der Waals surface area contributed by atoms with Gasteiger partial charge in [0.05, 0.1) is 23.2 Å². The predicted molar refractivity (Wildman–Crippen MR) is 109 cm³/mol. The molecule has 28 heavy (non-hydrogen) atoms. The maximum absolute atomic E-state index is 14.4. The lowest BCUT2D eigenvalue weighted by Crippen LogP contribution is -2.20. The first kappa shape index (κ1) is 18.0. The minimum Gasteiger partial charge on any atom is -0.369 e. The number of para-hydroxylation sites is 1. The molecule has 0 saturated carbocycles. The average molecular weight is 376 g/mol. The van der Waals surface area contributed by atoms with Crippen molar-refractivity contribution in [3.8, 4) is 5.69 Å². The Morgan fingerprint density at radius 1 is 1.00 bits per heavy atom. The predicted octanol–water partition coefficient (Wildman–Crippen LogP) is 3.98. The number of aromatic nitrogens is 1. The molecule has 0 spiro atoms. The van der Waals surface area contributed by atoms with Gasteiger partial charge < -0.3 is 9.47 Å². The van der Waals surface area contributed by atoms with E-state index in [9.17, 15) is 9.18 Å². The van der Waals surface area contributed by atoms with E-state index < -0.39 is 0 Å². The van der Waals surface area contributed by atoms with E-state index in [4.69, 9.17) is 0 Å². The van der Waals surface area contributed by atoms with Crippen LogP contribution >= 0.6 is 0 Å². The lowest BCUT2D eigenvalue weighted by molar-refractivity contribution is 0.0955. The van der Waals surface area contributed by atoms with Crippen molar-refractivity contribution in [3.63, 3.8) is 0 Å². The second-order valence-electron chi connectivity index (χ2n) is 6.71. The molecule has 1 fully saturated rings. The molecule has 3 aromatic rings. The van der Waals surface area contributed by atoms with E-state index in [1.807, 2.05) is 41.2 Å². The molecule has 1 aliphatic heterocycles. The third-order valence-corrected chi connectivity index (χ3v) is 4.83. The number of halogens is 1. The summed E-state index contributed by atoms with van der Waals surface area (Å²) in [4.78, 5) is 14.6. The second kappa shape index (κ2) is 8.08. The van der Waals surface area contributed by atoms with E-state index in [2.05, 4.69) is 15.4 Å². The van der Waals surface area contributed by atoms with Gasteiger partial charge in [0.15, 0.2) is 0 Å². The van der Waals surface area contributed by atoms with Gasteiger partial charge in [-0.1, -0.05) is 18.2 Å². The summed E-state index contributed by atoms with van der Waals surface area (Å²) >= 11 is 0. The van der Waals surface area contributed by atoms with Crippen molar-refractivity contribution in [2.75, 3.05) is 18.0 Å². The van der Waals surface area contributed by atoms with Crippen LogP contribution in [0.1, 0.15) is 28.8 Å². The fraction of sp³-hybridized carbons (Fsp3) is 0.182. The van der Waals surface area contributed by atoms with Crippen LogP contribution in [-0.4, -0.2) is 29.8 Å². The number of carbonyl (C=O) groups is 1. The number of benzene rings is 2. The molecule has 5 nitrogen and oxygen atoms in total. The number of nitrogens with zero attached hydrogens (tertiary/aromatic N) is 3. The fourth-order valence-electron chi connectivity index (χ4n) is 3.43. The molecule has 0 bridgehead atoms. The SMILES string of the molecule is O=C(N/N=C\c1ccc(N2CCCC2)c(F)c1)c1ccccc1-n1cccc1. The van der Waals surface area contributed by atoms with Crippen LogP contribution in [0.15, 0.2) is 72.1 Å². The molecule has 2 aromatic carbocycles. The summed E-state index contributed by atoms with van der Waals surface area (Å²) in [5.74, 6) is -0.593. The number of rotatable bonds is 5. The summed E-state index contributed by atoms with van der Waals surface area (Å²) in [6.07, 6.45) is 7.39. The van der Waals surface area contributed by atoms with Crippen molar-refractivity contribution >= 4 is 17.8 Å². The summed E-state index contributed by atoms with van der Waals surface area (Å²) in [6.45, 7) is 1.78. The maximum Gasteiger partial charge on any atom is 0.273 e. The Morgan fingerprint density at radius 2 is 1.75 bits per heavy atom. The molecule has 0 unspecified atom stereocenters. The molecule has 1 saturated heterocycles. The first-order chi connectivity index (χ1) is 13.7. The molecule has 142 valence electrons. The van der Waals surface area contributed by atoms with Gasteiger partial charge in [-0.05, 0) is 54.8 Å². The molecule has 0 atom stereocenters. The van der Waals surface area contributed by atoms with Crippen LogP contribution in [0.2, 0.25) is 0 Å². The molecule has 6 heteroatoms. The summed E-state index contributed by atoms with van der Waals surface area (Å²) in [6, 6.07) is 16.1. The first-order valence-electron chi connectivity index (χ1n) is 9.33. The van der Waals surface area contributed by atoms with Gasteiger partial charge in [0.1, 0.15) is 5.82 Å². The van der Waals surface area contributed by atoms with E-state index >= 15 is 0 Å². The standard InChI is InChI=1S/C22H21FN4O/c23-19-15-17(9-10-21(19)27-13-5-6-14-27)16-24-25-22(28)18-7-1-2-8-20(18)26-11-3-4-12-26/h1-4,7-12,15-16H,5-6,13-14H2,(H,25,28)/b24-16-. The zero-order valence-electron chi connectivity index (χ0n) is 15.4. The highest BCUT2D eigenvalue weighted by Gasteiger charge is 2.16. The van der Waals surface area contributed by atoms with Crippen LogP contribution in [0.5, 0.6) is 0 Å². The number of hydrogen-bond acceptors (Lipinski definition) is 3. The molecular weight excluding hydrogens is 355 g/mol. The third kappa shape index (κ3) is 3.81. The zero-order valence-corrected chi connectivity index (χ0v) is 15.4. The smallest absolute Gasteiger partial charge is 0.273 e. The van der Waals surface area contributed by atoms with E-state index in [0.29, 0.717) is 16.8 Å². The lowest BCUT2D eigenvalue weighted by Gasteiger charge is -2.18. The summed E-state index contributed by atoms with van der Waals surface area (Å²) < 4.78 is 16.2. The molecule has 0 radical (unpaired) electrons. The van der Waals surface area contributed by atoms with Gasteiger partial charge in [-0.15, -0.1) is 0 Å². The normalized spacial score (nSPS) is 14.0. The van der Waals surface area contributed by atoms with Gasteiger partial charge in [-0.2, -0.15) is 5.10 Å². The lowest BCUT2D eigenvalue weighted by atomic mass is 10.1. The highest BCUT2D eigenvalue weighted by atomic mass is 19.1. The molecule has 1 aromatic heterocycles. The Bertz CT molecular complexity index is 992. The van der Waals surface area contributed by atoms with Crippen molar-refractivity contribution in [1.82, 2.24) is 9.99 Å². The molecule has 4 rings (SSSR count). The number of hydrazone groups is 1. The first-order valence-corrected chi connectivity index (χ1v) is 9.33. The van der Waals surface area contributed by atoms with Crippen LogP contribution < -0.4 is 10.3 Å². The number of amides is 1. The Hall–Kier alpha value is -3.41. The molecular formula is C22H21FN4O. The monoisotopic (exact) mass is 376 g/mol. The van der Waals surface area contributed by atoms with Crippen molar-refractivity contribution < 1.29 is 9.18 Å². The minimum absolute atomic E-state index is 0.268. The molecule has 2 heterocycles. The quantitative estimate of drug-likeness (QED) is 0.541. The molecule has 0 aliphatic carbocycles. The largest absolute Gasteiger partial charge is 0.369 e. The van der Waals surface area contributed by atoms with Gasteiger partial charge in [0, 0.05) is 25.5 Å². The molecule has 1 amide bonds. The van der Waals surface area contributed by atoms with Gasteiger partial charge in [-0.3, -0.25) is 4.79 Å². The molecule has 1 N–H and O–H groups in total. The van der Waals surface area contributed by atoms with Crippen LogP contribution in [0.4, 0.5) is 10.1 Å². The number of nitrogens with one attached hydrogen (secondary N) is 1. The van der Waals surface area contributed by atoms with Crippen LogP contribution in [-0.2, 0) is 0 Å². The van der Waals surface area contributed by atoms with Crippen molar-refractivity contribution in [1.29, 1.82) is 0 Å². The van der Waals surface area contributed by atoms with Gasteiger partial charge in [-0.25, -0.2) is 9.82 Å². The van der Waals surface area contributed by atoms with Crippen LogP contribution in [0.3, 0.4) is 0 Å². The Balaban J connectivity index is 1.45. The number of hydrogen-bond donors (Lipinski definition) is 1. The minimum atomic E-state index is -0.324. The summed E-state index contributed by atoms with van der Waals surface area (Å²) in [5.41, 5.74) is 5.02. The number of anilines is 1. The van der Waals surface area contributed by atoms with E-state index in [1.54, 1.807) is 24.3 Å². The van der Waals surface area contributed by atoms with Crippen molar-refractivity contribution in [2.24, 2.45) is 5.10 Å². The van der Waals surface area contributed by atoms with Crippen LogP contribution in [0, 0.1) is 5.82 Å². The van der Waals surface area contributed by atoms with E-state index in [-0.39, 0.29) is 11.7 Å². The van der Waals surface area contributed by atoms with E-state index in [1.165, 1.54) is 12.3 Å². The Kier molecular flexibility index (Phi) is 5.19. The Morgan fingerprint density at radius 3 is 2.50 bits per heavy atom. The average Bonchev–Trinajstić information content (AvgIpc) is 3.42. The number of carbonyl (C=O) groups excluding carboxylic acids is 1. The fourth-order valence-corrected chi connectivity index (χ4v) is 3.43. The highest BCUT2D eigenvalue weighted by Crippen LogP contribution is 2.24. The third-order valence-electron chi connectivity index (χ3n) is 4.83. The summed E-state index contributed by atoms with van der Waals surface area (Å²) in [5, 5.41) is 3.99. The van der Waals surface area contributed by atoms with Crippen molar-refractivity contribution in [3.05, 3.63) is 83.9 Å². The highest BCUT2D eigenvalue weighted by molar-refractivity contribution is 5.98. The summed E-state index contributed by atoms with van der Waals surface area (Å²) in [7, 11) is 0. The van der Waals surface area contributed by atoms with E-state index in [0.717, 1.165) is 31.6 Å². The topological polar surface area (TPSA) is 49.6 Å². The van der Waals surface area contributed by atoms with Gasteiger partial charge >= 0.3 is 0 Å². The van der Waals surface area contributed by atoms with Crippen LogP contribution in [0.25, 0.3) is 5.69 Å². The van der Waals surface area contributed by atoms with Gasteiger partial charge in [0.2, 0.25) is 0 Å². The molecule has 1 aliphatic rings. The second-order valence-corrected chi connectivity index (χ2v) is 6.71. The Labute approximate surface area is 163 Å².